The maximum Gasteiger partial charge on any atom is 0.258 e. The maximum absolute atomic E-state index is 13.3. The standard InChI is InChI=1S/C22H21NO3S/c1-2-16-5-7-17(8-6-16)22(24)23(15-19-4-3-13-27-19)18-9-10-20-21(14-18)26-12-11-25-20/h3-10,13-14H,2,11-12,15H2,1H3. The minimum Gasteiger partial charge on any atom is -0.486 e. The van der Waals surface area contributed by atoms with Gasteiger partial charge in [-0.3, -0.25) is 4.79 Å². The fraction of sp³-hybridized carbons (Fsp3) is 0.227. The average Bonchev–Trinajstić information content (AvgIpc) is 3.24. The molecule has 0 atom stereocenters. The van der Waals surface area contributed by atoms with Crippen LogP contribution in [0.5, 0.6) is 11.5 Å². The van der Waals surface area contributed by atoms with E-state index in [-0.39, 0.29) is 5.91 Å². The van der Waals surface area contributed by atoms with Crippen LogP contribution in [-0.4, -0.2) is 19.1 Å². The lowest BCUT2D eigenvalue weighted by Gasteiger charge is -2.25. The lowest BCUT2D eigenvalue weighted by Crippen LogP contribution is -2.30. The Balaban J connectivity index is 1.68. The summed E-state index contributed by atoms with van der Waals surface area (Å²) < 4.78 is 11.3. The van der Waals surface area contributed by atoms with Crippen molar-refractivity contribution in [3.63, 3.8) is 0 Å². The summed E-state index contributed by atoms with van der Waals surface area (Å²) in [6.45, 7) is 3.70. The number of carbonyl (C=O) groups is 1. The number of rotatable bonds is 5. The minimum absolute atomic E-state index is 0.0252. The van der Waals surface area contributed by atoms with E-state index in [1.807, 2.05) is 60.0 Å². The number of anilines is 1. The monoisotopic (exact) mass is 379 g/mol. The molecule has 2 aromatic carbocycles. The molecule has 5 heteroatoms. The van der Waals surface area contributed by atoms with Gasteiger partial charge >= 0.3 is 0 Å². The quantitative estimate of drug-likeness (QED) is 0.631. The van der Waals surface area contributed by atoms with E-state index in [1.54, 1.807) is 16.2 Å². The van der Waals surface area contributed by atoms with Crippen LogP contribution in [0.4, 0.5) is 5.69 Å². The second-order valence-electron chi connectivity index (χ2n) is 6.35. The molecule has 4 nitrogen and oxygen atoms in total. The van der Waals surface area contributed by atoms with E-state index in [0.717, 1.165) is 22.7 Å². The third kappa shape index (κ3) is 3.83. The van der Waals surface area contributed by atoms with Gasteiger partial charge < -0.3 is 14.4 Å². The number of hydrogen-bond acceptors (Lipinski definition) is 4. The van der Waals surface area contributed by atoms with Crippen molar-refractivity contribution in [3.05, 3.63) is 76.0 Å². The van der Waals surface area contributed by atoms with Gasteiger partial charge in [-0.15, -0.1) is 11.3 Å². The van der Waals surface area contributed by atoms with Crippen molar-refractivity contribution in [2.45, 2.75) is 19.9 Å². The highest BCUT2D eigenvalue weighted by Crippen LogP contribution is 2.35. The Labute approximate surface area is 163 Å². The predicted molar refractivity (Wildman–Crippen MR) is 108 cm³/mol. The largest absolute Gasteiger partial charge is 0.486 e. The van der Waals surface area contributed by atoms with Gasteiger partial charge in [0.15, 0.2) is 11.5 Å². The van der Waals surface area contributed by atoms with Gasteiger partial charge in [0.25, 0.3) is 5.91 Å². The Morgan fingerprint density at radius 3 is 2.52 bits per heavy atom. The number of aryl methyl sites for hydroxylation is 1. The van der Waals surface area contributed by atoms with E-state index in [1.165, 1.54) is 5.56 Å². The smallest absolute Gasteiger partial charge is 0.258 e. The molecule has 0 fully saturated rings. The van der Waals surface area contributed by atoms with E-state index < -0.39 is 0 Å². The van der Waals surface area contributed by atoms with Gasteiger partial charge in [0.05, 0.1) is 6.54 Å². The first-order valence-corrected chi connectivity index (χ1v) is 9.95. The Bertz CT molecular complexity index is 919. The maximum atomic E-state index is 13.3. The summed E-state index contributed by atoms with van der Waals surface area (Å²) in [5.74, 6) is 1.38. The molecule has 0 bridgehead atoms. The van der Waals surface area contributed by atoms with Gasteiger partial charge in [-0.25, -0.2) is 0 Å². The molecule has 4 rings (SSSR count). The normalized spacial score (nSPS) is 12.6. The van der Waals surface area contributed by atoms with Crippen LogP contribution >= 0.6 is 11.3 Å². The molecule has 0 aliphatic carbocycles. The summed E-state index contributed by atoms with van der Waals surface area (Å²) >= 11 is 1.64. The Hall–Kier alpha value is -2.79. The molecule has 3 aromatic rings. The van der Waals surface area contributed by atoms with Crippen LogP contribution in [0.1, 0.15) is 27.7 Å². The molecule has 0 unspecified atom stereocenters. The molecular formula is C22H21NO3S. The first kappa shape index (κ1) is 17.6. The molecule has 0 spiro atoms. The topological polar surface area (TPSA) is 38.8 Å². The summed E-state index contributed by atoms with van der Waals surface area (Å²) in [4.78, 5) is 16.2. The Morgan fingerprint density at radius 1 is 1.04 bits per heavy atom. The zero-order valence-electron chi connectivity index (χ0n) is 15.2. The van der Waals surface area contributed by atoms with E-state index >= 15 is 0 Å². The van der Waals surface area contributed by atoms with Crippen molar-refractivity contribution in [2.24, 2.45) is 0 Å². The number of amides is 1. The molecule has 1 aliphatic heterocycles. The molecule has 1 amide bonds. The third-order valence-corrected chi connectivity index (χ3v) is 5.45. The van der Waals surface area contributed by atoms with E-state index in [0.29, 0.717) is 31.1 Å². The van der Waals surface area contributed by atoms with Gasteiger partial charge in [-0.05, 0) is 47.7 Å². The molecule has 0 saturated heterocycles. The number of nitrogens with zero attached hydrogens (tertiary/aromatic N) is 1. The zero-order chi connectivity index (χ0) is 18.6. The van der Waals surface area contributed by atoms with Crippen LogP contribution < -0.4 is 14.4 Å². The van der Waals surface area contributed by atoms with E-state index in [9.17, 15) is 4.79 Å². The van der Waals surface area contributed by atoms with E-state index in [4.69, 9.17) is 9.47 Å². The van der Waals surface area contributed by atoms with Gasteiger partial charge in [0.1, 0.15) is 13.2 Å². The lowest BCUT2D eigenvalue weighted by atomic mass is 10.1. The molecule has 0 saturated carbocycles. The molecule has 138 valence electrons. The number of fused-ring (bicyclic) bond motifs is 1. The number of hydrogen-bond donors (Lipinski definition) is 0. The first-order chi connectivity index (χ1) is 13.2. The highest BCUT2D eigenvalue weighted by Gasteiger charge is 2.21. The highest BCUT2D eigenvalue weighted by atomic mass is 32.1. The fourth-order valence-electron chi connectivity index (χ4n) is 3.08. The highest BCUT2D eigenvalue weighted by molar-refractivity contribution is 7.09. The summed E-state index contributed by atoms with van der Waals surface area (Å²) in [6.07, 6.45) is 0.954. The number of ether oxygens (including phenoxy) is 2. The first-order valence-electron chi connectivity index (χ1n) is 9.07. The SMILES string of the molecule is CCc1ccc(C(=O)N(Cc2cccs2)c2ccc3c(c2)OCCO3)cc1. The molecule has 2 heterocycles. The molecule has 1 aliphatic rings. The van der Waals surface area contributed by atoms with Crippen LogP contribution in [-0.2, 0) is 13.0 Å². The number of thiophene rings is 1. The fourth-order valence-corrected chi connectivity index (χ4v) is 3.77. The lowest BCUT2D eigenvalue weighted by molar-refractivity contribution is 0.0985. The molecule has 1 aromatic heterocycles. The summed E-state index contributed by atoms with van der Waals surface area (Å²) in [7, 11) is 0. The van der Waals surface area contributed by atoms with Gasteiger partial charge in [0.2, 0.25) is 0 Å². The number of carbonyl (C=O) groups excluding carboxylic acids is 1. The second kappa shape index (κ2) is 7.84. The van der Waals surface area contributed by atoms with Crippen molar-refractivity contribution in [1.82, 2.24) is 0 Å². The van der Waals surface area contributed by atoms with Crippen molar-refractivity contribution in [1.29, 1.82) is 0 Å². The third-order valence-electron chi connectivity index (χ3n) is 4.59. The summed E-state index contributed by atoms with van der Waals surface area (Å²) in [6, 6.07) is 17.6. The Kier molecular flexibility index (Phi) is 5.12. The Morgan fingerprint density at radius 2 is 1.81 bits per heavy atom. The predicted octanol–water partition coefficient (Wildman–Crippen LogP) is 4.93. The second-order valence-corrected chi connectivity index (χ2v) is 7.38. The number of benzene rings is 2. The van der Waals surface area contributed by atoms with Gasteiger partial charge in [-0.2, -0.15) is 0 Å². The van der Waals surface area contributed by atoms with Crippen molar-refractivity contribution in [3.8, 4) is 11.5 Å². The van der Waals surface area contributed by atoms with Crippen molar-refractivity contribution < 1.29 is 14.3 Å². The van der Waals surface area contributed by atoms with Crippen molar-refractivity contribution in [2.75, 3.05) is 18.1 Å². The van der Waals surface area contributed by atoms with Crippen molar-refractivity contribution >= 4 is 22.9 Å². The van der Waals surface area contributed by atoms with E-state index in [2.05, 4.69) is 6.92 Å². The molecule has 0 N–H and O–H groups in total. The molecule has 27 heavy (non-hydrogen) atoms. The molecule has 0 radical (unpaired) electrons. The summed E-state index contributed by atoms with van der Waals surface area (Å²) in [5, 5.41) is 2.03. The zero-order valence-corrected chi connectivity index (χ0v) is 16.0. The van der Waals surface area contributed by atoms with Crippen LogP contribution in [0, 0.1) is 0 Å². The van der Waals surface area contributed by atoms with Crippen LogP contribution in [0.25, 0.3) is 0 Å². The molecular weight excluding hydrogens is 358 g/mol. The van der Waals surface area contributed by atoms with Crippen LogP contribution in [0.2, 0.25) is 0 Å². The average molecular weight is 379 g/mol. The van der Waals surface area contributed by atoms with Crippen LogP contribution in [0.15, 0.2) is 60.0 Å². The van der Waals surface area contributed by atoms with Gasteiger partial charge in [0, 0.05) is 22.2 Å². The van der Waals surface area contributed by atoms with Crippen LogP contribution in [0.3, 0.4) is 0 Å². The van der Waals surface area contributed by atoms with Gasteiger partial charge in [-0.1, -0.05) is 25.1 Å². The minimum atomic E-state index is -0.0252. The summed E-state index contributed by atoms with van der Waals surface area (Å²) in [5.41, 5.74) is 2.70.